The lowest BCUT2D eigenvalue weighted by Gasteiger charge is -2.24. The molecule has 0 spiro atoms. The Bertz CT molecular complexity index is 307. The van der Waals surface area contributed by atoms with Crippen LogP contribution in [0.4, 0.5) is 0 Å². The van der Waals surface area contributed by atoms with E-state index >= 15 is 0 Å². The zero-order valence-corrected chi connectivity index (χ0v) is 12.9. The summed E-state index contributed by atoms with van der Waals surface area (Å²) in [4.78, 5) is 2.34. The van der Waals surface area contributed by atoms with Crippen LogP contribution in [0.2, 0.25) is 0 Å². The molecule has 0 saturated heterocycles. The molecule has 0 aliphatic rings. The molecule has 1 N–H and O–H groups in total. The predicted octanol–water partition coefficient (Wildman–Crippen LogP) is 3.45. The second kappa shape index (κ2) is 8.06. The summed E-state index contributed by atoms with van der Waals surface area (Å²) in [6.45, 7) is 7.23. The third kappa shape index (κ3) is 5.36. The smallest absolute Gasteiger partial charge is 0.0916 e. The summed E-state index contributed by atoms with van der Waals surface area (Å²) in [7, 11) is 0. The summed E-state index contributed by atoms with van der Waals surface area (Å²) >= 11 is 2.28. The van der Waals surface area contributed by atoms with Crippen LogP contribution >= 0.6 is 22.6 Å². The molecule has 0 aliphatic heterocycles. The van der Waals surface area contributed by atoms with Gasteiger partial charge in [-0.2, -0.15) is 0 Å². The Morgan fingerprint density at radius 2 is 1.65 bits per heavy atom. The van der Waals surface area contributed by atoms with Crippen molar-refractivity contribution in [3.05, 3.63) is 33.4 Å². The van der Waals surface area contributed by atoms with E-state index in [4.69, 9.17) is 0 Å². The third-order valence-electron chi connectivity index (χ3n) is 2.77. The highest BCUT2D eigenvalue weighted by atomic mass is 127. The van der Waals surface area contributed by atoms with E-state index in [2.05, 4.69) is 41.3 Å². The second-order valence-corrected chi connectivity index (χ2v) is 5.61. The molecule has 2 nitrogen and oxygen atoms in total. The van der Waals surface area contributed by atoms with Crippen molar-refractivity contribution in [1.82, 2.24) is 4.90 Å². The molecule has 1 aromatic carbocycles. The Morgan fingerprint density at radius 1 is 1.12 bits per heavy atom. The molecule has 1 aromatic rings. The number of aliphatic hydroxyl groups excluding tert-OH is 1. The first-order valence-corrected chi connectivity index (χ1v) is 7.41. The van der Waals surface area contributed by atoms with Crippen molar-refractivity contribution in [3.63, 3.8) is 0 Å². The summed E-state index contributed by atoms with van der Waals surface area (Å²) in [6.07, 6.45) is 1.91. The van der Waals surface area contributed by atoms with Gasteiger partial charge in [0.15, 0.2) is 0 Å². The van der Waals surface area contributed by atoms with Crippen molar-refractivity contribution in [2.75, 3.05) is 19.6 Å². The monoisotopic (exact) mass is 347 g/mol. The second-order valence-electron chi connectivity index (χ2n) is 4.37. The Hall–Kier alpha value is -0.130. The maximum Gasteiger partial charge on any atom is 0.0916 e. The molecule has 96 valence electrons. The van der Waals surface area contributed by atoms with Crippen molar-refractivity contribution in [1.29, 1.82) is 0 Å². The van der Waals surface area contributed by atoms with Gasteiger partial charge < -0.3 is 10.0 Å². The minimum atomic E-state index is -0.370. The van der Waals surface area contributed by atoms with E-state index in [9.17, 15) is 5.11 Å². The molecule has 0 unspecified atom stereocenters. The Kier molecular flexibility index (Phi) is 7.08. The summed E-state index contributed by atoms with van der Waals surface area (Å²) < 4.78 is 1.21. The van der Waals surface area contributed by atoms with Gasteiger partial charge in [-0.25, -0.2) is 0 Å². The van der Waals surface area contributed by atoms with Crippen LogP contribution in [-0.4, -0.2) is 29.6 Å². The molecule has 0 aliphatic carbocycles. The number of aliphatic hydroxyl groups is 1. The van der Waals surface area contributed by atoms with E-state index < -0.39 is 0 Å². The van der Waals surface area contributed by atoms with Crippen molar-refractivity contribution in [2.45, 2.75) is 32.8 Å². The van der Waals surface area contributed by atoms with Crippen LogP contribution in [0, 0.1) is 3.57 Å². The number of nitrogens with zero attached hydrogens (tertiary/aromatic N) is 1. The molecule has 17 heavy (non-hydrogen) atoms. The molecule has 1 rings (SSSR count). The van der Waals surface area contributed by atoms with Crippen LogP contribution in [0.15, 0.2) is 24.3 Å². The minimum Gasteiger partial charge on any atom is -0.387 e. The lowest BCUT2D eigenvalue weighted by molar-refractivity contribution is 0.113. The van der Waals surface area contributed by atoms with Crippen LogP contribution in [0.25, 0.3) is 0 Å². The highest BCUT2D eigenvalue weighted by molar-refractivity contribution is 14.1. The normalized spacial score (nSPS) is 13.0. The Balaban J connectivity index is 2.56. The van der Waals surface area contributed by atoms with Gasteiger partial charge >= 0.3 is 0 Å². The van der Waals surface area contributed by atoms with Gasteiger partial charge in [-0.15, -0.1) is 0 Å². The molecular weight excluding hydrogens is 325 g/mol. The van der Waals surface area contributed by atoms with Crippen LogP contribution in [0.3, 0.4) is 0 Å². The number of rotatable bonds is 7. The summed E-state index contributed by atoms with van der Waals surface area (Å²) in [5.41, 5.74) is 1.02. The molecule has 1 atom stereocenters. The molecule has 0 aromatic heterocycles. The van der Waals surface area contributed by atoms with E-state index in [1.165, 1.54) is 3.57 Å². The molecule has 0 radical (unpaired) electrons. The van der Waals surface area contributed by atoms with Crippen LogP contribution in [0.1, 0.15) is 38.4 Å². The van der Waals surface area contributed by atoms with Crippen molar-refractivity contribution >= 4 is 22.6 Å². The highest BCUT2D eigenvalue weighted by Crippen LogP contribution is 2.16. The van der Waals surface area contributed by atoms with Gasteiger partial charge in [-0.1, -0.05) is 26.0 Å². The fourth-order valence-electron chi connectivity index (χ4n) is 1.96. The van der Waals surface area contributed by atoms with E-state index in [1.54, 1.807) is 0 Å². The quantitative estimate of drug-likeness (QED) is 0.764. The number of hydrogen-bond acceptors (Lipinski definition) is 2. The zero-order chi connectivity index (χ0) is 12.7. The van der Waals surface area contributed by atoms with E-state index in [-0.39, 0.29) is 6.10 Å². The van der Waals surface area contributed by atoms with Crippen LogP contribution < -0.4 is 0 Å². The first-order valence-electron chi connectivity index (χ1n) is 6.33. The zero-order valence-electron chi connectivity index (χ0n) is 10.7. The lowest BCUT2D eigenvalue weighted by atomic mass is 10.1. The van der Waals surface area contributed by atoms with Crippen molar-refractivity contribution in [3.8, 4) is 0 Å². The van der Waals surface area contributed by atoms with E-state index in [0.29, 0.717) is 0 Å². The van der Waals surface area contributed by atoms with Crippen LogP contribution in [-0.2, 0) is 0 Å². The van der Waals surface area contributed by atoms with Gasteiger partial charge in [0.25, 0.3) is 0 Å². The number of hydrogen-bond donors (Lipinski definition) is 1. The average Bonchev–Trinajstić information content (AvgIpc) is 2.30. The van der Waals surface area contributed by atoms with Crippen molar-refractivity contribution < 1.29 is 5.11 Å². The third-order valence-corrected chi connectivity index (χ3v) is 3.48. The maximum atomic E-state index is 10.2. The topological polar surface area (TPSA) is 23.5 Å². The fourth-order valence-corrected chi connectivity index (χ4v) is 2.32. The van der Waals surface area contributed by atoms with Gasteiger partial charge in [-0.05, 0) is 66.2 Å². The van der Waals surface area contributed by atoms with Crippen molar-refractivity contribution in [2.24, 2.45) is 0 Å². The van der Waals surface area contributed by atoms with E-state index in [1.807, 2.05) is 24.3 Å². The first kappa shape index (κ1) is 14.9. The molecule has 0 bridgehead atoms. The number of halogens is 1. The molecule has 0 fully saturated rings. The van der Waals surface area contributed by atoms with Gasteiger partial charge in [0, 0.05) is 10.1 Å². The first-order chi connectivity index (χ1) is 8.17. The molecular formula is C14H22INO. The SMILES string of the molecule is CCCN(CCC)C[C@H](O)c1ccc(I)cc1. The average molecular weight is 347 g/mol. The highest BCUT2D eigenvalue weighted by Gasteiger charge is 2.12. The standard InChI is InChI=1S/C14H22INO/c1-3-9-16(10-4-2)11-14(17)12-5-7-13(15)8-6-12/h5-8,14,17H,3-4,9-11H2,1-2H3/t14-/m0/s1. The maximum absolute atomic E-state index is 10.2. The van der Waals surface area contributed by atoms with Gasteiger partial charge in [0.05, 0.1) is 6.10 Å². The Labute approximate surface area is 118 Å². The molecule has 0 saturated carbocycles. The molecule has 0 heterocycles. The summed E-state index contributed by atoms with van der Waals surface area (Å²) in [5.74, 6) is 0. The van der Waals surface area contributed by atoms with E-state index in [0.717, 1.165) is 38.0 Å². The predicted molar refractivity (Wildman–Crippen MR) is 81.1 cm³/mol. The molecule has 0 amide bonds. The minimum absolute atomic E-state index is 0.370. The Morgan fingerprint density at radius 3 is 2.12 bits per heavy atom. The fraction of sp³-hybridized carbons (Fsp3) is 0.571. The van der Waals surface area contributed by atoms with Gasteiger partial charge in [0.2, 0.25) is 0 Å². The van der Waals surface area contributed by atoms with Gasteiger partial charge in [-0.3, -0.25) is 0 Å². The number of benzene rings is 1. The summed E-state index contributed by atoms with van der Waals surface area (Å²) in [6, 6.07) is 8.12. The molecule has 3 heteroatoms. The summed E-state index contributed by atoms with van der Waals surface area (Å²) in [5, 5.41) is 10.2. The lowest BCUT2D eigenvalue weighted by Crippen LogP contribution is -2.30. The largest absolute Gasteiger partial charge is 0.387 e. The van der Waals surface area contributed by atoms with Gasteiger partial charge in [0.1, 0.15) is 0 Å². The van der Waals surface area contributed by atoms with Crippen LogP contribution in [0.5, 0.6) is 0 Å².